The van der Waals surface area contributed by atoms with Crippen LogP contribution in [0.25, 0.3) is 11.0 Å². The highest BCUT2D eigenvalue weighted by molar-refractivity contribution is 6.34. The molecule has 31 heavy (non-hydrogen) atoms. The Morgan fingerprint density at radius 1 is 1.32 bits per heavy atom. The summed E-state index contributed by atoms with van der Waals surface area (Å²) in [5, 5.41) is 21.3. The molecule has 1 fully saturated rings. The Morgan fingerprint density at radius 3 is 2.97 bits per heavy atom. The molecular formula is C18H21Cl2N7O4. The monoisotopic (exact) mass is 469 g/mol. The van der Waals surface area contributed by atoms with Gasteiger partial charge in [0.05, 0.1) is 23.0 Å². The van der Waals surface area contributed by atoms with Crippen molar-refractivity contribution in [2.75, 3.05) is 19.8 Å². The molecule has 1 aliphatic heterocycles. The molecule has 0 amide bonds. The number of aryl methyl sites for hydroxylation is 1. The summed E-state index contributed by atoms with van der Waals surface area (Å²) in [6.45, 7) is 3.66. The van der Waals surface area contributed by atoms with Crippen molar-refractivity contribution in [1.82, 2.24) is 29.5 Å². The van der Waals surface area contributed by atoms with Crippen molar-refractivity contribution in [3.05, 3.63) is 32.4 Å². The molecule has 0 spiro atoms. The molecule has 0 saturated carbocycles. The molecule has 0 radical (unpaired) electrons. The highest BCUT2D eigenvalue weighted by Gasteiger charge is 2.30. The summed E-state index contributed by atoms with van der Waals surface area (Å²) in [4.78, 5) is 19.3. The second kappa shape index (κ2) is 9.33. The second-order valence-corrected chi connectivity index (χ2v) is 7.93. The Balaban J connectivity index is 1.45. The SMILES string of the molecule is Cc1c([N+](=O)[O-])c(OCCCn2nc(Cl)c3cnc(Cl)nc32)nn1C1CCCOCC1. The molecule has 1 atom stereocenters. The number of fused-ring (bicyclic) bond motifs is 1. The quantitative estimate of drug-likeness (QED) is 0.221. The predicted octanol–water partition coefficient (Wildman–Crippen LogP) is 3.76. The third-order valence-electron chi connectivity index (χ3n) is 5.20. The largest absolute Gasteiger partial charge is 0.472 e. The summed E-state index contributed by atoms with van der Waals surface area (Å²) in [7, 11) is 0. The minimum absolute atomic E-state index is 0.0291. The molecule has 4 rings (SSSR count). The lowest BCUT2D eigenvalue weighted by molar-refractivity contribution is -0.386. The Bertz CT molecular complexity index is 1090. The zero-order valence-corrected chi connectivity index (χ0v) is 18.3. The maximum absolute atomic E-state index is 11.6. The number of nitro groups is 1. The van der Waals surface area contributed by atoms with Crippen molar-refractivity contribution < 1.29 is 14.4 Å². The van der Waals surface area contributed by atoms with Crippen LogP contribution in [0, 0.1) is 17.0 Å². The summed E-state index contributed by atoms with van der Waals surface area (Å²) in [6.07, 6.45) is 4.54. The molecule has 1 saturated heterocycles. The van der Waals surface area contributed by atoms with Gasteiger partial charge in [-0.2, -0.15) is 10.1 Å². The number of aromatic nitrogens is 6. The Hall–Kier alpha value is -2.50. The normalized spacial score (nSPS) is 17.1. The van der Waals surface area contributed by atoms with Crippen LogP contribution in [0.1, 0.15) is 37.4 Å². The lowest BCUT2D eigenvalue weighted by Gasteiger charge is -2.15. The molecule has 0 aliphatic carbocycles. The first-order valence-corrected chi connectivity index (χ1v) is 10.7. The van der Waals surface area contributed by atoms with E-state index in [1.807, 2.05) is 0 Å². The van der Waals surface area contributed by atoms with Gasteiger partial charge in [-0.1, -0.05) is 11.6 Å². The average molecular weight is 470 g/mol. The molecular weight excluding hydrogens is 449 g/mol. The van der Waals surface area contributed by atoms with Gasteiger partial charge in [0.1, 0.15) is 5.69 Å². The van der Waals surface area contributed by atoms with E-state index in [0.29, 0.717) is 42.9 Å². The van der Waals surface area contributed by atoms with Gasteiger partial charge in [0, 0.05) is 32.4 Å². The van der Waals surface area contributed by atoms with Gasteiger partial charge in [0.25, 0.3) is 0 Å². The van der Waals surface area contributed by atoms with Gasteiger partial charge in [0.2, 0.25) is 5.28 Å². The Morgan fingerprint density at radius 2 is 2.16 bits per heavy atom. The van der Waals surface area contributed by atoms with E-state index in [1.54, 1.807) is 16.3 Å². The van der Waals surface area contributed by atoms with E-state index < -0.39 is 4.92 Å². The molecule has 11 nitrogen and oxygen atoms in total. The van der Waals surface area contributed by atoms with E-state index in [9.17, 15) is 10.1 Å². The summed E-state index contributed by atoms with van der Waals surface area (Å²) < 4.78 is 14.5. The van der Waals surface area contributed by atoms with Crippen molar-refractivity contribution in [3.8, 4) is 5.88 Å². The van der Waals surface area contributed by atoms with Crippen LogP contribution >= 0.6 is 23.2 Å². The average Bonchev–Trinajstić information content (AvgIpc) is 3.07. The Labute approximate surface area is 187 Å². The number of ether oxygens (including phenoxy) is 2. The number of halogens is 2. The van der Waals surface area contributed by atoms with Gasteiger partial charge >= 0.3 is 11.6 Å². The maximum atomic E-state index is 11.6. The molecule has 0 aromatic carbocycles. The van der Waals surface area contributed by atoms with Gasteiger partial charge < -0.3 is 9.47 Å². The molecule has 4 heterocycles. The van der Waals surface area contributed by atoms with Crippen LogP contribution in [0.4, 0.5) is 5.69 Å². The maximum Gasteiger partial charge on any atom is 0.352 e. The third kappa shape index (κ3) is 4.58. The van der Waals surface area contributed by atoms with Crippen LogP contribution in [-0.4, -0.2) is 54.3 Å². The highest BCUT2D eigenvalue weighted by Crippen LogP contribution is 2.34. The summed E-state index contributed by atoms with van der Waals surface area (Å²) in [5.41, 5.74) is 0.909. The van der Waals surface area contributed by atoms with Crippen molar-refractivity contribution in [1.29, 1.82) is 0 Å². The van der Waals surface area contributed by atoms with Gasteiger partial charge in [-0.05, 0) is 37.8 Å². The van der Waals surface area contributed by atoms with Crippen LogP contribution in [-0.2, 0) is 11.3 Å². The zero-order valence-electron chi connectivity index (χ0n) is 16.8. The molecule has 0 N–H and O–H groups in total. The minimum atomic E-state index is -0.443. The molecule has 3 aromatic heterocycles. The fourth-order valence-electron chi connectivity index (χ4n) is 3.72. The van der Waals surface area contributed by atoms with E-state index in [0.717, 1.165) is 19.3 Å². The molecule has 0 bridgehead atoms. The van der Waals surface area contributed by atoms with E-state index in [-0.39, 0.29) is 34.7 Å². The van der Waals surface area contributed by atoms with Crippen LogP contribution in [0.2, 0.25) is 10.4 Å². The van der Waals surface area contributed by atoms with Gasteiger partial charge in [-0.3, -0.25) is 14.8 Å². The van der Waals surface area contributed by atoms with Crippen molar-refractivity contribution in [3.63, 3.8) is 0 Å². The van der Waals surface area contributed by atoms with Crippen molar-refractivity contribution in [2.24, 2.45) is 0 Å². The lowest BCUT2D eigenvalue weighted by Crippen LogP contribution is -2.13. The topological polar surface area (TPSA) is 123 Å². The van der Waals surface area contributed by atoms with Gasteiger partial charge in [0.15, 0.2) is 10.8 Å². The first-order chi connectivity index (χ1) is 15.0. The number of hydrogen-bond acceptors (Lipinski definition) is 8. The summed E-state index contributed by atoms with van der Waals surface area (Å²) in [5.74, 6) is 0.0291. The summed E-state index contributed by atoms with van der Waals surface area (Å²) in [6, 6.07) is 0.0561. The first-order valence-electron chi connectivity index (χ1n) is 9.94. The van der Waals surface area contributed by atoms with E-state index in [4.69, 9.17) is 32.7 Å². The van der Waals surface area contributed by atoms with Crippen LogP contribution in [0.15, 0.2) is 6.20 Å². The molecule has 1 aliphatic rings. The van der Waals surface area contributed by atoms with Crippen LogP contribution in [0.3, 0.4) is 0 Å². The number of rotatable bonds is 7. The smallest absolute Gasteiger partial charge is 0.352 e. The number of hydrogen-bond donors (Lipinski definition) is 0. The zero-order chi connectivity index (χ0) is 22.0. The van der Waals surface area contributed by atoms with Crippen molar-refractivity contribution >= 4 is 39.9 Å². The van der Waals surface area contributed by atoms with Gasteiger partial charge in [-0.15, -0.1) is 5.10 Å². The van der Waals surface area contributed by atoms with Crippen LogP contribution < -0.4 is 4.74 Å². The van der Waals surface area contributed by atoms with Gasteiger partial charge in [-0.25, -0.2) is 9.67 Å². The fourth-order valence-corrected chi connectivity index (χ4v) is 4.07. The lowest BCUT2D eigenvalue weighted by atomic mass is 10.1. The highest BCUT2D eigenvalue weighted by atomic mass is 35.5. The standard InChI is InChI=1S/C18H21Cl2N7O4/c1-11-14(27(28)29)17(24-26(11)12-4-2-7-30-9-5-12)31-8-3-6-25-16-13(15(19)23-25)10-21-18(20)22-16/h10,12H,2-9H2,1H3. The predicted molar refractivity (Wildman–Crippen MR) is 113 cm³/mol. The molecule has 1 unspecified atom stereocenters. The third-order valence-corrected chi connectivity index (χ3v) is 5.67. The van der Waals surface area contributed by atoms with E-state index in [2.05, 4.69) is 20.2 Å². The van der Waals surface area contributed by atoms with E-state index >= 15 is 0 Å². The molecule has 13 heteroatoms. The molecule has 3 aromatic rings. The van der Waals surface area contributed by atoms with E-state index in [1.165, 1.54) is 6.20 Å². The second-order valence-electron chi connectivity index (χ2n) is 7.23. The Kier molecular flexibility index (Phi) is 6.54. The number of nitrogens with zero attached hydrogens (tertiary/aromatic N) is 7. The first kappa shape index (κ1) is 21.7. The molecule has 166 valence electrons. The fraction of sp³-hybridized carbons (Fsp3) is 0.556. The van der Waals surface area contributed by atoms with Crippen LogP contribution in [0.5, 0.6) is 5.88 Å². The van der Waals surface area contributed by atoms with Crippen molar-refractivity contribution in [2.45, 2.75) is 45.2 Å². The summed E-state index contributed by atoms with van der Waals surface area (Å²) >= 11 is 12.0. The minimum Gasteiger partial charge on any atom is -0.472 e.